The summed E-state index contributed by atoms with van der Waals surface area (Å²) in [6.45, 7) is 5.83. The van der Waals surface area contributed by atoms with Crippen LogP contribution in [0.5, 0.6) is 0 Å². The molecule has 0 amide bonds. The zero-order valence-electron chi connectivity index (χ0n) is 11.3. The number of carbonyl (C=O) groups excluding carboxylic acids is 1. The van der Waals surface area contributed by atoms with Gasteiger partial charge in [-0.3, -0.25) is 9.59 Å². The number of carboxylic acid groups (broad SMARTS) is 1. The molecule has 0 saturated heterocycles. The molecule has 1 unspecified atom stereocenters. The van der Waals surface area contributed by atoms with Gasteiger partial charge in [0.2, 0.25) is 0 Å². The summed E-state index contributed by atoms with van der Waals surface area (Å²) in [5, 5.41) is 9.12. The zero-order chi connectivity index (χ0) is 13.5. The second-order valence-corrected chi connectivity index (χ2v) is 5.43. The predicted molar refractivity (Wildman–Crippen MR) is 65.7 cm³/mol. The van der Waals surface area contributed by atoms with Gasteiger partial charge in [0.1, 0.15) is 0 Å². The molecule has 0 saturated carbocycles. The number of rotatable bonds is 7. The second kappa shape index (κ2) is 7.30. The van der Waals surface area contributed by atoms with Crippen LogP contribution in [0.25, 0.3) is 0 Å². The van der Waals surface area contributed by atoms with E-state index in [-0.39, 0.29) is 17.3 Å². The highest BCUT2D eigenvalue weighted by Gasteiger charge is 2.30. The molecule has 0 aromatic heterocycles. The third kappa shape index (κ3) is 6.97. The Labute approximate surface area is 103 Å². The van der Waals surface area contributed by atoms with Gasteiger partial charge in [-0.15, -0.1) is 0 Å². The van der Waals surface area contributed by atoms with Crippen molar-refractivity contribution in [3.05, 3.63) is 0 Å². The van der Waals surface area contributed by atoms with Crippen molar-refractivity contribution in [1.82, 2.24) is 0 Å². The molecule has 1 atom stereocenters. The van der Waals surface area contributed by atoms with E-state index in [0.717, 1.165) is 19.3 Å². The maximum absolute atomic E-state index is 11.1. The fourth-order valence-corrected chi connectivity index (χ4v) is 1.82. The van der Waals surface area contributed by atoms with E-state index in [1.165, 1.54) is 7.11 Å². The average Bonchev–Trinajstić information content (AvgIpc) is 2.20. The van der Waals surface area contributed by atoms with E-state index < -0.39 is 5.97 Å². The summed E-state index contributed by atoms with van der Waals surface area (Å²) >= 11 is 0. The number of hydrogen-bond donors (Lipinski definition) is 1. The minimum absolute atomic E-state index is 0.199. The summed E-state index contributed by atoms with van der Waals surface area (Å²) in [5.41, 5.74) is -0.214. The molecule has 0 aliphatic heterocycles. The SMILES string of the molecule is COC(=O)CCCCCC(C(=O)O)C(C)(C)C. The van der Waals surface area contributed by atoms with Crippen molar-refractivity contribution in [2.45, 2.75) is 52.9 Å². The van der Waals surface area contributed by atoms with Crippen molar-refractivity contribution >= 4 is 11.9 Å². The quantitative estimate of drug-likeness (QED) is 0.552. The summed E-state index contributed by atoms with van der Waals surface area (Å²) in [6.07, 6.45) is 3.56. The van der Waals surface area contributed by atoms with E-state index in [1.54, 1.807) is 0 Å². The standard InChI is InChI=1S/C13H24O4/c1-13(2,3)10(12(15)16)8-6-5-7-9-11(14)17-4/h10H,5-9H2,1-4H3,(H,15,16). The van der Waals surface area contributed by atoms with E-state index >= 15 is 0 Å². The van der Waals surface area contributed by atoms with Gasteiger partial charge in [0.05, 0.1) is 13.0 Å². The number of unbranched alkanes of at least 4 members (excludes halogenated alkanes) is 2. The van der Waals surface area contributed by atoms with Crippen LogP contribution in [0.3, 0.4) is 0 Å². The molecular weight excluding hydrogens is 220 g/mol. The van der Waals surface area contributed by atoms with Gasteiger partial charge in [-0.05, 0) is 18.3 Å². The van der Waals surface area contributed by atoms with Crippen LogP contribution in [-0.2, 0) is 14.3 Å². The van der Waals surface area contributed by atoms with Gasteiger partial charge in [-0.25, -0.2) is 0 Å². The maximum Gasteiger partial charge on any atom is 0.307 e. The van der Waals surface area contributed by atoms with Gasteiger partial charge in [0.25, 0.3) is 0 Å². The van der Waals surface area contributed by atoms with E-state index in [4.69, 9.17) is 5.11 Å². The molecule has 0 aliphatic rings. The van der Waals surface area contributed by atoms with Crippen LogP contribution in [0.2, 0.25) is 0 Å². The predicted octanol–water partition coefficient (Wildman–Crippen LogP) is 2.86. The normalized spacial score (nSPS) is 13.2. The Bertz CT molecular complexity index is 253. The highest BCUT2D eigenvalue weighted by Crippen LogP contribution is 2.30. The smallest absolute Gasteiger partial charge is 0.307 e. The Kier molecular flexibility index (Phi) is 6.85. The Morgan fingerprint density at radius 3 is 2.18 bits per heavy atom. The molecular formula is C13H24O4. The lowest BCUT2D eigenvalue weighted by Crippen LogP contribution is -2.28. The lowest BCUT2D eigenvalue weighted by Gasteiger charge is -2.26. The molecule has 17 heavy (non-hydrogen) atoms. The third-order valence-electron chi connectivity index (χ3n) is 2.94. The van der Waals surface area contributed by atoms with Crippen molar-refractivity contribution in [3.8, 4) is 0 Å². The summed E-state index contributed by atoms with van der Waals surface area (Å²) in [5.74, 6) is -1.25. The van der Waals surface area contributed by atoms with Crippen LogP contribution >= 0.6 is 0 Å². The van der Waals surface area contributed by atoms with Crippen LogP contribution < -0.4 is 0 Å². The first-order valence-electron chi connectivity index (χ1n) is 6.08. The fraction of sp³-hybridized carbons (Fsp3) is 0.846. The minimum atomic E-state index is -0.731. The molecule has 4 nitrogen and oxygen atoms in total. The molecule has 0 rings (SSSR count). The molecule has 1 N–H and O–H groups in total. The number of carbonyl (C=O) groups is 2. The van der Waals surface area contributed by atoms with Crippen molar-refractivity contribution in [2.24, 2.45) is 11.3 Å². The monoisotopic (exact) mass is 244 g/mol. The molecule has 0 aromatic rings. The number of carboxylic acids is 1. The first-order valence-corrected chi connectivity index (χ1v) is 6.08. The minimum Gasteiger partial charge on any atom is -0.481 e. The van der Waals surface area contributed by atoms with E-state index in [2.05, 4.69) is 4.74 Å². The molecule has 100 valence electrons. The molecule has 4 heteroatoms. The first-order chi connectivity index (χ1) is 7.79. The first kappa shape index (κ1) is 15.9. The van der Waals surface area contributed by atoms with E-state index in [0.29, 0.717) is 12.8 Å². The lowest BCUT2D eigenvalue weighted by atomic mass is 9.78. The summed E-state index contributed by atoms with van der Waals surface area (Å²) < 4.78 is 4.54. The van der Waals surface area contributed by atoms with Gasteiger partial charge in [0, 0.05) is 6.42 Å². The van der Waals surface area contributed by atoms with Crippen molar-refractivity contribution in [3.63, 3.8) is 0 Å². The van der Waals surface area contributed by atoms with E-state index in [9.17, 15) is 9.59 Å². The number of aliphatic carboxylic acids is 1. The van der Waals surface area contributed by atoms with Crippen LogP contribution in [0.15, 0.2) is 0 Å². The molecule has 0 aromatic carbocycles. The number of hydrogen-bond acceptors (Lipinski definition) is 3. The Hall–Kier alpha value is -1.06. The van der Waals surface area contributed by atoms with Gasteiger partial charge in [0.15, 0.2) is 0 Å². The molecule has 0 fully saturated rings. The lowest BCUT2D eigenvalue weighted by molar-refractivity contribution is -0.146. The van der Waals surface area contributed by atoms with Crippen LogP contribution in [0, 0.1) is 11.3 Å². The number of methoxy groups -OCH3 is 1. The van der Waals surface area contributed by atoms with Crippen LogP contribution in [-0.4, -0.2) is 24.2 Å². The number of ether oxygens (including phenoxy) is 1. The molecule has 0 spiro atoms. The van der Waals surface area contributed by atoms with Gasteiger partial charge in [-0.1, -0.05) is 33.6 Å². The second-order valence-electron chi connectivity index (χ2n) is 5.43. The van der Waals surface area contributed by atoms with Crippen molar-refractivity contribution < 1.29 is 19.4 Å². The fourth-order valence-electron chi connectivity index (χ4n) is 1.82. The van der Waals surface area contributed by atoms with Crippen LogP contribution in [0.1, 0.15) is 52.9 Å². The summed E-state index contributed by atoms with van der Waals surface area (Å²) in [4.78, 5) is 22.0. The van der Waals surface area contributed by atoms with Crippen molar-refractivity contribution in [2.75, 3.05) is 7.11 Å². The van der Waals surface area contributed by atoms with E-state index in [1.807, 2.05) is 20.8 Å². The maximum atomic E-state index is 11.1. The van der Waals surface area contributed by atoms with Gasteiger partial charge >= 0.3 is 11.9 Å². The Morgan fingerprint density at radius 2 is 1.76 bits per heavy atom. The average molecular weight is 244 g/mol. The van der Waals surface area contributed by atoms with Gasteiger partial charge in [-0.2, -0.15) is 0 Å². The Balaban J connectivity index is 3.85. The highest BCUT2D eigenvalue weighted by molar-refractivity contribution is 5.70. The molecule has 0 radical (unpaired) electrons. The summed E-state index contributed by atoms with van der Waals surface area (Å²) in [6, 6.07) is 0. The van der Waals surface area contributed by atoms with Gasteiger partial charge < -0.3 is 9.84 Å². The largest absolute Gasteiger partial charge is 0.481 e. The van der Waals surface area contributed by atoms with Crippen LogP contribution in [0.4, 0.5) is 0 Å². The molecule has 0 bridgehead atoms. The number of esters is 1. The third-order valence-corrected chi connectivity index (χ3v) is 2.94. The topological polar surface area (TPSA) is 63.6 Å². The Morgan fingerprint density at radius 1 is 1.18 bits per heavy atom. The molecule has 0 aliphatic carbocycles. The summed E-state index contributed by atoms with van der Waals surface area (Å²) in [7, 11) is 1.38. The highest BCUT2D eigenvalue weighted by atomic mass is 16.5. The zero-order valence-corrected chi connectivity index (χ0v) is 11.3. The molecule has 0 heterocycles. The van der Waals surface area contributed by atoms with Crippen molar-refractivity contribution in [1.29, 1.82) is 0 Å².